The Kier molecular flexibility index (Phi) is 4.81. The second-order valence-electron chi connectivity index (χ2n) is 4.62. The lowest BCUT2D eigenvalue weighted by Crippen LogP contribution is -2.31. The van der Waals surface area contributed by atoms with Crippen LogP contribution in [0.2, 0.25) is 5.02 Å². The summed E-state index contributed by atoms with van der Waals surface area (Å²) in [6.07, 6.45) is 0. The van der Waals surface area contributed by atoms with Gasteiger partial charge in [-0.25, -0.2) is 4.39 Å². The molecule has 110 valence electrons. The maximum Gasteiger partial charge on any atom is 0.257 e. The molecule has 1 amide bonds. The largest absolute Gasteiger partial charge is 0.398 e. The van der Waals surface area contributed by atoms with Gasteiger partial charge in [0.25, 0.3) is 5.91 Å². The van der Waals surface area contributed by atoms with Crippen LogP contribution in [-0.2, 0) is 6.54 Å². The molecule has 2 N–H and O–H groups in total. The highest BCUT2D eigenvalue weighted by Crippen LogP contribution is 2.21. The molecule has 0 fully saturated rings. The fourth-order valence-electron chi connectivity index (χ4n) is 2.05. The summed E-state index contributed by atoms with van der Waals surface area (Å²) in [5.74, 6) is -1.09. The van der Waals surface area contributed by atoms with E-state index in [-0.39, 0.29) is 10.6 Å². The average molecular weight is 307 g/mol. The van der Waals surface area contributed by atoms with E-state index in [0.717, 1.165) is 5.56 Å². The molecule has 0 spiro atoms. The van der Waals surface area contributed by atoms with E-state index >= 15 is 0 Å². The number of nitrogens with two attached hydrogens (primary N) is 1. The van der Waals surface area contributed by atoms with Crippen LogP contribution in [0.1, 0.15) is 22.8 Å². The lowest BCUT2D eigenvalue weighted by atomic mass is 10.1. The molecule has 21 heavy (non-hydrogen) atoms. The summed E-state index contributed by atoms with van der Waals surface area (Å²) in [6, 6.07) is 11.7. The van der Waals surface area contributed by atoms with Crippen LogP contribution in [0.5, 0.6) is 0 Å². The first kappa shape index (κ1) is 15.3. The van der Waals surface area contributed by atoms with Crippen LogP contribution < -0.4 is 5.73 Å². The molecule has 0 aliphatic carbocycles. The molecule has 2 aromatic carbocycles. The minimum absolute atomic E-state index is 0.0288. The van der Waals surface area contributed by atoms with Crippen molar-refractivity contribution < 1.29 is 9.18 Å². The minimum Gasteiger partial charge on any atom is -0.398 e. The Bertz CT molecular complexity index is 660. The Morgan fingerprint density at radius 3 is 2.62 bits per heavy atom. The molecule has 0 unspecified atom stereocenters. The summed E-state index contributed by atoms with van der Waals surface area (Å²) in [5, 5.41) is -0.0591. The lowest BCUT2D eigenvalue weighted by molar-refractivity contribution is 0.0748. The zero-order valence-electron chi connectivity index (χ0n) is 11.6. The number of carbonyl (C=O) groups excluding carboxylic acids is 1. The van der Waals surface area contributed by atoms with Crippen LogP contribution in [0.3, 0.4) is 0 Å². The zero-order valence-corrected chi connectivity index (χ0v) is 12.4. The predicted molar refractivity (Wildman–Crippen MR) is 82.7 cm³/mol. The molecule has 2 aromatic rings. The lowest BCUT2D eigenvalue weighted by Gasteiger charge is -2.22. The van der Waals surface area contributed by atoms with E-state index in [4.69, 9.17) is 17.3 Å². The molecule has 0 saturated heterocycles. The number of carbonyl (C=O) groups is 1. The van der Waals surface area contributed by atoms with Gasteiger partial charge >= 0.3 is 0 Å². The van der Waals surface area contributed by atoms with Crippen molar-refractivity contribution >= 4 is 23.2 Å². The number of nitrogens with zero attached hydrogens (tertiary/aromatic N) is 1. The Morgan fingerprint density at radius 2 is 1.95 bits per heavy atom. The number of hydrogen-bond acceptors (Lipinski definition) is 2. The molecule has 5 heteroatoms. The number of nitrogen functional groups attached to an aromatic ring is 1. The van der Waals surface area contributed by atoms with Gasteiger partial charge in [-0.2, -0.15) is 0 Å². The second-order valence-corrected chi connectivity index (χ2v) is 5.03. The van der Waals surface area contributed by atoms with Crippen LogP contribution in [0.4, 0.5) is 10.1 Å². The number of rotatable bonds is 4. The molecule has 3 nitrogen and oxygen atoms in total. The zero-order chi connectivity index (χ0) is 15.4. The smallest absolute Gasteiger partial charge is 0.257 e. The van der Waals surface area contributed by atoms with Crippen LogP contribution >= 0.6 is 11.6 Å². The topological polar surface area (TPSA) is 46.3 Å². The molecule has 0 radical (unpaired) electrons. The number of para-hydroxylation sites is 1. The van der Waals surface area contributed by atoms with Crippen LogP contribution in [0.25, 0.3) is 0 Å². The first-order chi connectivity index (χ1) is 10.0. The third-order valence-electron chi connectivity index (χ3n) is 3.27. The minimum atomic E-state index is -0.691. The molecule has 0 heterocycles. The van der Waals surface area contributed by atoms with Gasteiger partial charge in [-0.1, -0.05) is 35.9 Å². The van der Waals surface area contributed by atoms with Crippen LogP contribution in [-0.4, -0.2) is 17.4 Å². The molecule has 2 rings (SSSR count). The van der Waals surface area contributed by atoms with Gasteiger partial charge in [0.05, 0.1) is 10.6 Å². The summed E-state index contributed by atoms with van der Waals surface area (Å²) < 4.78 is 14.0. The maximum absolute atomic E-state index is 14.0. The molecular formula is C16H16ClFN2O. The normalized spacial score (nSPS) is 10.4. The van der Waals surface area contributed by atoms with Crippen molar-refractivity contribution in [3.05, 3.63) is 64.4 Å². The number of anilines is 1. The maximum atomic E-state index is 14.0. The average Bonchev–Trinajstić information content (AvgIpc) is 2.48. The summed E-state index contributed by atoms with van der Waals surface area (Å²) in [7, 11) is 0. The van der Waals surface area contributed by atoms with Gasteiger partial charge in [-0.3, -0.25) is 4.79 Å². The first-order valence-electron chi connectivity index (χ1n) is 6.61. The van der Waals surface area contributed by atoms with Crippen LogP contribution in [0.15, 0.2) is 42.5 Å². The summed E-state index contributed by atoms with van der Waals surface area (Å²) >= 11 is 5.73. The Hall–Kier alpha value is -2.07. The molecule has 0 aliphatic rings. The Labute approximate surface area is 128 Å². The SMILES string of the molecule is CCN(Cc1ccccc1N)C(=O)c1cccc(Cl)c1F. The molecule has 0 aliphatic heterocycles. The summed E-state index contributed by atoms with van der Waals surface area (Å²) in [4.78, 5) is 14.0. The Balaban J connectivity index is 2.27. The Morgan fingerprint density at radius 1 is 1.24 bits per heavy atom. The molecule has 0 bridgehead atoms. The summed E-state index contributed by atoms with van der Waals surface area (Å²) in [5.41, 5.74) is 7.29. The molecule has 0 aromatic heterocycles. The fraction of sp³-hybridized carbons (Fsp3) is 0.188. The summed E-state index contributed by atoms with van der Waals surface area (Å²) in [6.45, 7) is 2.60. The van der Waals surface area contributed by atoms with Crippen molar-refractivity contribution in [1.82, 2.24) is 4.90 Å². The van der Waals surface area contributed by atoms with Gasteiger partial charge < -0.3 is 10.6 Å². The van der Waals surface area contributed by atoms with E-state index < -0.39 is 11.7 Å². The van der Waals surface area contributed by atoms with Gasteiger partial charge in [0.15, 0.2) is 5.82 Å². The highest BCUT2D eigenvalue weighted by atomic mass is 35.5. The van der Waals surface area contributed by atoms with E-state index in [2.05, 4.69) is 0 Å². The van der Waals surface area contributed by atoms with E-state index in [1.165, 1.54) is 17.0 Å². The monoisotopic (exact) mass is 306 g/mol. The highest BCUT2D eigenvalue weighted by molar-refractivity contribution is 6.31. The standard InChI is InChI=1S/C16H16ClFN2O/c1-2-20(10-11-6-3-4-9-14(11)19)16(21)12-7-5-8-13(17)15(12)18/h3-9H,2,10,19H2,1H3. The fourth-order valence-corrected chi connectivity index (χ4v) is 2.22. The second kappa shape index (κ2) is 6.59. The van der Waals surface area contributed by atoms with Crippen LogP contribution in [0, 0.1) is 5.82 Å². The van der Waals surface area contributed by atoms with Gasteiger partial charge in [0, 0.05) is 18.8 Å². The third kappa shape index (κ3) is 3.34. The van der Waals surface area contributed by atoms with E-state index in [0.29, 0.717) is 18.8 Å². The van der Waals surface area contributed by atoms with Crippen molar-refractivity contribution in [3.8, 4) is 0 Å². The highest BCUT2D eigenvalue weighted by Gasteiger charge is 2.20. The van der Waals surface area contributed by atoms with Crippen molar-refractivity contribution in [2.75, 3.05) is 12.3 Å². The molecule has 0 atom stereocenters. The number of benzene rings is 2. The quantitative estimate of drug-likeness (QED) is 0.875. The van der Waals surface area contributed by atoms with E-state index in [1.54, 1.807) is 12.1 Å². The predicted octanol–water partition coefficient (Wildman–Crippen LogP) is 3.72. The number of amides is 1. The van der Waals surface area contributed by atoms with Crippen molar-refractivity contribution in [1.29, 1.82) is 0 Å². The van der Waals surface area contributed by atoms with Gasteiger partial charge in [-0.05, 0) is 30.7 Å². The molecule has 0 saturated carbocycles. The van der Waals surface area contributed by atoms with Crippen molar-refractivity contribution in [2.24, 2.45) is 0 Å². The van der Waals surface area contributed by atoms with Crippen molar-refractivity contribution in [3.63, 3.8) is 0 Å². The molecular weight excluding hydrogens is 291 g/mol. The van der Waals surface area contributed by atoms with Gasteiger partial charge in [0.1, 0.15) is 0 Å². The third-order valence-corrected chi connectivity index (χ3v) is 3.56. The number of hydrogen-bond donors (Lipinski definition) is 1. The number of halogens is 2. The first-order valence-corrected chi connectivity index (χ1v) is 6.99. The van der Waals surface area contributed by atoms with E-state index in [1.807, 2.05) is 25.1 Å². The van der Waals surface area contributed by atoms with Gasteiger partial charge in [0.2, 0.25) is 0 Å². The van der Waals surface area contributed by atoms with Crippen molar-refractivity contribution in [2.45, 2.75) is 13.5 Å². The van der Waals surface area contributed by atoms with Gasteiger partial charge in [-0.15, -0.1) is 0 Å². The van der Waals surface area contributed by atoms with E-state index in [9.17, 15) is 9.18 Å².